The van der Waals surface area contributed by atoms with Gasteiger partial charge in [0, 0.05) is 7.11 Å². The molecule has 9 heavy (non-hydrogen) atoms. The molecule has 0 aromatic rings. The summed E-state index contributed by atoms with van der Waals surface area (Å²) in [4.78, 5) is 0. The van der Waals surface area contributed by atoms with Crippen molar-refractivity contribution in [3.05, 3.63) is 12.0 Å². The highest BCUT2D eigenvalue weighted by Crippen LogP contribution is 2.02. The second-order valence-electron chi connectivity index (χ2n) is 1.74. The van der Waals surface area contributed by atoms with E-state index in [-0.39, 0.29) is 0 Å². The molecular weight excluding hydrogens is 120 g/mol. The Hall–Kier alpha value is -0.700. The first-order valence-corrected chi connectivity index (χ1v) is 2.86. The van der Waals surface area contributed by atoms with Crippen LogP contribution in [0.15, 0.2) is 12.0 Å². The van der Waals surface area contributed by atoms with Crippen molar-refractivity contribution in [2.24, 2.45) is 0 Å². The minimum absolute atomic E-state index is 0.500. The van der Waals surface area contributed by atoms with Crippen LogP contribution in [0.2, 0.25) is 0 Å². The lowest BCUT2D eigenvalue weighted by Gasteiger charge is -2.14. The Morgan fingerprint density at radius 2 is 2.56 bits per heavy atom. The first-order chi connectivity index (χ1) is 4.43. The molecule has 0 unspecified atom stereocenters. The Bertz CT molecular complexity index is 109. The quantitative estimate of drug-likeness (QED) is 0.545. The molecule has 0 saturated heterocycles. The fourth-order valence-electron chi connectivity index (χ4n) is 0.625. The Labute approximate surface area is 54.2 Å². The molecule has 0 amide bonds. The zero-order chi connectivity index (χ0) is 6.53. The minimum Gasteiger partial charge on any atom is -0.494 e. The number of hydrogen-bond donors (Lipinski definition) is 0. The van der Waals surface area contributed by atoms with Crippen LogP contribution in [0.5, 0.6) is 0 Å². The first-order valence-electron chi connectivity index (χ1n) is 2.86. The lowest BCUT2D eigenvalue weighted by molar-refractivity contribution is 0.0544. The normalized spacial score (nSPS) is 17.7. The number of hydrogen-bond acceptors (Lipinski definition) is 3. The molecule has 1 aliphatic heterocycles. The molecule has 1 heterocycles. The van der Waals surface area contributed by atoms with Crippen LogP contribution in [0, 0.1) is 0 Å². The fraction of sp³-hybridized carbons (Fsp3) is 0.667. The summed E-state index contributed by atoms with van der Waals surface area (Å²) in [6.45, 7) is 1.78. The van der Waals surface area contributed by atoms with Crippen LogP contribution in [0.25, 0.3) is 0 Å². The van der Waals surface area contributed by atoms with E-state index >= 15 is 0 Å². The third-order valence-corrected chi connectivity index (χ3v) is 0.990. The average Bonchev–Trinajstić information content (AvgIpc) is 1.91. The van der Waals surface area contributed by atoms with Crippen LogP contribution in [0.1, 0.15) is 0 Å². The van der Waals surface area contributed by atoms with Gasteiger partial charge in [0.1, 0.15) is 26.1 Å². The van der Waals surface area contributed by atoms with Crippen molar-refractivity contribution in [1.82, 2.24) is 0 Å². The van der Waals surface area contributed by atoms with Crippen molar-refractivity contribution < 1.29 is 14.2 Å². The van der Waals surface area contributed by atoms with Gasteiger partial charge in [-0.2, -0.15) is 0 Å². The molecule has 1 aliphatic rings. The van der Waals surface area contributed by atoms with Crippen molar-refractivity contribution in [2.75, 3.05) is 26.9 Å². The van der Waals surface area contributed by atoms with Crippen molar-refractivity contribution in [1.29, 1.82) is 0 Å². The van der Waals surface area contributed by atoms with Gasteiger partial charge >= 0.3 is 0 Å². The number of rotatable bonds is 2. The monoisotopic (exact) mass is 130 g/mol. The summed E-state index contributed by atoms with van der Waals surface area (Å²) >= 11 is 0. The summed E-state index contributed by atoms with van der Waals surface area (Å²) in [6, 6.07) is 0. The zero-order valence-electron chi connectivity index (χ0n) is 5.42. The predicted octanol–water partition coefficient (Wildman–Crippen LogP) is 0.521. The molecule has 0 atom stereocenters. The molecule has 0 N–H and O–H groups in total. The summed E-state index contributed by atoms with van der Waals surface area (Å²) < 4.78 is 14.9. The highest BCUT2D eigenvalue weighted by atomic mass is 16.6. The largest absolute Gasteiger partial charge is 0.494 e. The third-order valence-electron chi connectivity index (χ3n) is 0.990. The van der Waals surface area contributed by atoms with Crippen LogP contribution in [-0.4, -0.2) is 26.9 Å². The van der Waals surface area contributed by atoms with E-state index in [2.05, 4.69) is 0 Å². The van der Waals surface area contributed by atoms with E-state index < -0.39 is 0 Å². The third kappa shape index (κ3) is 1.93. The van der Waals surface area contributed by atoms with Gasteiger partial charge in [-0.05, 0) is 0 Å². The Morgan fingerprint density at radius 1 is 1.67 bits per heavy atom. The van der Waals surface area contributed by atoms with E-state index in [1.54, 1.807) is 13.4 Å². The van der Waals surface area contributed by atoms with Crippen LogP contribution >= 0.6 is 0 Å². The lowest BCUT2D eigenvalue weighted by atomic mass is 10.5. The second kappa shape index (κ2) is 3.35. The summed E-state index contributed by atoms with van der Waals surface area (Å²) in [7, 11) is 1.62. The van der Waals surface area contributed by atoms with Crippen molar-refractivity contribution >= 4 is 0 Å². The summed E-state index contributed by atoms with van der Waals surface area (Å²) in [5.74, 6) is 0.767. The fourth-order valence-corrected chi connectivity index (χ4v) is 0.625. The molecule has 0 saturated carbocycles. The van der Waals surface area contributed by atoms with E-state index in [1.807, 2.05) is 0 Å². The average molecular weight is 130 g/mol. The highest BCUT2D eigenvalue weighted by Gasteiger charge is 2.02. The van der Waals surface area contributed by atoms with Crippen molar-refractivity contribution in [2.45, 2.75) is 0 Å². The molecular formula is C6H10O3. The van der Waals surface area contributed by atoms with Crippen LogP contribution in [-0.2, 0) is 14.2 Å². The van der Waals surface area contributed by atoms with Gasteiger partial charge in [-0.15, -0.1) is 0 Å². The van der Waals surface area contributed by atoms with Crippen LogP contribution in [0.3, 0.4) is 0 Å². The first kappa shape index (κ1) is 6.42. The summed E-state index contributed by atoms with van der Waals surface area (Å²) in [5, 5.41) is 0. The Kier molecular flexibility index (Phi) is 2.39. The van der Waals surface area contributed by atoms with Gasteiger partial charge in [0.2, 0.25) is 0 Å². The predicted molar refractivity (Wildman–Crippen MR) is 31.9 cm³/mol. The van der Waals surface area contributed by atoms with Gasteiger partial charge in [0.25, 0.3) is 0 Å². The van der Waals surface area contributed by atoms with Crippen molar-refractivity contribution in [3.63, 3.8) is 0 Å². The lowest BCUT2D eigenvalue weighted by Crippen LogP contribution is -2.11. The maximum atomic E-state index is 5.13. The van der Waals surface area contributed by atoms with Gasteiger partial charge in [-0.3, -0.25) is 0 Å². The molecule has 0 fully saturated rings. The van der Waals surface area contributed by atoms with Gasteiger partial charge in [-0.1, -0.05) is 0 Å². The summed E-state index contributed by atoms with van der Waals surface area (Å²) in [6.07, 6.45) is 1.59. The van der Waals surface area contributed by atoms with E-state index in [1.165, 1.54) is 0 Å². The molecule has 0 bridgehead atoms. The molecule has 0 radical (unpaired) electrons. The SMILES string of the molecule is COCC1=COCCO1. The van der Waals surface area contributed by atoms with Crippen molar-refractivity contribution in [3.8, 4) is 0 Å². The molecule has 3 nitrogen and oxygen atoms in total. The molecule has 0 aliphatic carbocycles. The molecule has 3 heteroatoms. The van der Waals surface area contributed by atoms with E-state index in [9.17, 15) is 0 Å². The van der Waals surface area contributed by atoms with Crippen LogP contribution in [0.4, 0.5) is 0 Å². The van der Waals surface area contributed by atoms with Crippen LogP contribution < -0.4 is 0 Å². The Balaban J connectivity index is 2.28. The van der Waals surface area contributed by atoms with E-state index in [4.69, 9.17) is 14.2 Å². The highest BCUT2D eigenvalue weighted by molar-refractivity contribution is 4.89. The standard InChI is InChI=1S/C6H10O3/c1-7-4-6-5-8-2-3-9-6/h5H,2-4H2,1H3. The van der Waals surface area contributed by atoms with Gasteiger partial charge in [-0.25, -0.2) is 0 Å². The molecule has 52 valence electrons. The summed E-state index contributed by atoms with van der Waals surface area (Å²) in [5.41, 5.74) is 0. The molecule has 0 aromatic heterocycles. The smallest absolute Gasteiger partial charge is 0.156 e. The molecule has 1 rings (SSSR count). The zero-order valence-corrected chi connectivity index (χ0v) is 5.42. The Morgan fingerprint density at radius 3 is 3.11 bits per heavy atom. The maximum Gasteiger partial charge on any atom is 0.156 e. The topological polar surface area (TPSA) is 27.7 Å². The van der Waals surface area contributed by atoms with E-state index in [0.717, 1.165) is 5.76 Å². The number of methoxy groups -OCH3 is 1. The molecule has 0 aromatic carbocycles. The second-order valence-corrected chi connectivity index (χ2v) is 1.74. The number of ether oxygens (including phenoxy) is 3. The van der Waals surface area contributed by atoms with Gasteiger partial charge in [0.05, 0.1) is 0 Å². The van der Waals surface area contributed by atoms with Gasteiger partial charge < -0.3 is 14.2 Å². The minimum atomic E-state index is 0.500. The molecule has 0 spiro atoms. The maximum absolute atomic E-state index is 5.13. The van der Waals surface area contributed by atoms with E-state index in [0.29, 0.717) is 19.8 Å². The van der Waals surface area contributed by atoms with Gasteiger partial charge in [0.15, 0.2) is 5.76 Å².